The van der Waals surface area contributed by atoms with E-state index in [1.807, 2.05) is 12.1 Å². The molecule has 8 heteroatoms. The first-order valence-corrected chi connectivity index (χ1v) is 12.8. The smallest absolute Gasteiger partial charge is 0.244 e. The highest BCUT2D eigenvalue weighted by Crippen LogP contribution is 2.44. The molecule has 0 aromatic heterocycles. The van der Waals surface area contributed by atoms with Crippen LogP contribution < -0.4 is 16.8 Å². The fraction of sp³-hybridized carbons (Fsp3) is 0.593. The lowest BCUT2D eigenvalue weighted by Crippen LogP contribution is -2.68. The molecule has 5 atom stereocenters. The number of nitrogen functional groups attached to an aromatic ring is 1. The quantitative estimate of drug-likeness (QED) is 0.257. The zero-order valence-corrected chi connectivity index (χ0v) is 20.9. The van der Waals surface area contributed by atoms with Gasteiger partial charge in [0, 0.05) is 25.6 Å². The molecule has 0 radical (unpaired) electrons. The molecule has 3 aliphatic rings. The zero-order valence-electron chi connectivity index (χ0n) is 20.9. The molecule has 0 spiro atoms. The third-order valence-electron chi connectivity index (χ3n) is 8.06. The van der Waals surface area contributed by atoms with Gasteiger partial charge in [0.1, 0.15) is 17.4 Å². The number of ether oxygens (including phenoxy) is 1. The molecule has 2 aliphatic heterocycles. The summed E-state index contributed by atoms with van der Waals surface area (Å²) in [5, 5.41) is 10.5. The van der Waals surface area contributed by atoms with Gasteiger partial charge in [0.2, 0.25) is 11.8 Å². The summed E-state index contributed by atoms with van der Waals surface area (Å²) in [7, 11) is 1.68. The number of piperidine rings is 1. The van der Waals surface area contributed by atoms with Crippen LogP contribution in [-0.2, 0) is 20.9 Å². The third-order valence-corrected chi connectivity index (χ3v) is 8.06. The molecule has 1 aromatic rings. The van der Waals surface area contributed by atoms with E-state index in [4.69, 9.17) is 21.6 Å². The summed E-state index contributed by atoms with van der Waals surface area (Å²) >= 11 is 0. The Hall–Kier alpha value is -2.71. The number of allylic oxidation sites excluding steroid dienone is 1. The SMILES string of the molecule is CC[C@@H]1CC(C(=O)NCc2ccc(C(=N)N)cc2)N2C(=O)[C@@](N)(CC3=CCCCC3)C[C@H](OC)[C@H]12. The number of rotatable bonds is 8. The zero-order chi connectivity index (χ0) is 25.2. The summed E-state index contributed by atoms with van der Waals surface area (Å²) < 4.78 is 5.91. The summed E-state index contributed by atoms with van der Waals surface area (Å²) in [5.74, 6) is -0.0863. The number of methoxy groups -OCH3 is 1. The molecule has 2 saturated heterocycles. The van der Waals surface area contributed by atoms with E-state index in [1.54, 1.807) is 24.1 Å². The van der Waals surface area contributed by atoms with Crippen molar-refractivity contribution in [1.29, 1.82) is 5.41 Å². The number of carbonyl (C=O) groups is 2. The van der Waals surface area contributed by atoms with E-state index < -0.39 is 11.6 Å². The lowest BCUT2D eigenvalue weighted by Gasteiger charge is -2.48. The molecule has 2 amide bonds. The maximum absolute atomic E-state index is 13.9. The van der Waals surface area contributed by atoms with Gasteiger partial charge in [0.15, 0.2) is 0 Å². The highest BCUT2D eigenvalue weighted by atomic mass is 16.5. The predicted octanol–water partition coefficient (Wildman–Crippen LogP) is 2.59. The average molecular weight is 482 g/mol. The van der Waals surface area contributed by atoms with Gasteiger partial charge in [-0.1, -0.05) is 49.3 Å². The number of hydrogen-bond acceptors (Lipinski definition) is 5. The summed E-state index contributed by atoms with van der Waals surface area (Å²) in [5.41, 5.74) is 14.1. The van der Waals surface area contributed by atoms with Crippen LogP contribution >= 0.6 is 0 Å². The van der Waals surface area contributed by atoms with E-state index >= 15 is 0 Å². The van der Waals surface area contributed by atoms with Gasteiger partial charge in [0.05, 0.1) is 12.1 Å². The Morgan fingerprint density at radius 3 is 2.63 bits per heavy atom. The summed E-state index contributed by atoms with van der Waals surface area (Å²) in [6, 6.07) is 6.53. The van der Waals surface area contributed by atoms with E-state index in [1.165, 1.54) is 12.0 Å². The number of nitrogens with two attached hydrogens (primary N) is 2. The lowest BCUT2D eigenvalue weighted by molar-refractivity contribution is -0.157. The van der Waals surface area contributed by atoms with Gasteiger partial charge in [-0.15, -0.1) is 0 Å². The Morgan fingerprint density at radius 2 is 2.03 bits per heavy atom. The molecule has 0 saturated carbocycles. The summed E-state index contributed by atoms with van der Waals surface area (Å²) in [4.78, 5) is 29.1. The molecule has 4 rings (SSSR count). The number of amidine groups is 1. The van der Waals surface area contributed by atoms with E-state index in [9.17, 15) is 9.59 Å². The van der Waals surface area contributed by atoms with Crippen molar-refractivity contribution < 1.29 is 14.3 Å². The minimum Gasteiger partial charge on any atom is -0.384 e. The number of hydrogen-bond donors (Lipinski definition) is 4. The van der Waals surface area contributed by atoms with Gasteiger partial charge in [-0.25, -0.2) is 0 Å². The van der Waals surface area contributed by atoms with Crippen LogP contribution in [0.2, 0.25) is 0 Å². The predicted molar refractivity (Wildman–Crippen MR) is 136 cm³/mol. The third kappa shape index (κ3) is 5.14. The molecule has 1 aliphatic carbocycles. The van der Waals surface area contributed by atoms with Gasteiger partial charge in [-0.05, 0) is 50.0 Å². The molecule has 35 heavy (non-hydrogen) atoms. The fourth-order valence-electron chi connectivity index (χ4n) is 6.15. The Bertz CT molecular complexity index is 991. The summed E-state index contributed by atoms with van der Waals surface area (Å²) in [6.45, 7) is 2.44. The second-order valence-electron chi connectivity index (χ2n) is 10.4. The molecular weight excluding hydrogens is 442 g/mol. The fourth-order valence-corrected chi connectivity index (χ4v) is 6.15. The van der Waals surface area contributed by atoms with Gasteiger partial charge < -0.3 is 26.4 Å². The first-order chi connectivity index (χ1) is 16.8. The number of fused-ring (bicyclic) bond motifs is 1. The maximum Gasteiger partial charge on any atom is 0.244 e. The van der Waals surface area contributed by atoms with Crippen molar-refractivity contribution in [3.05, 3.63) is 47.0 Å². The van der Waals surface area contributed by atoms with Crippen LogP contribution in [0.5, 0.6) is 0 Å². The Balaban J connectivity index is 1.53. The van der Waals surface area contributed by atoms with Crippen LogP contribution in [0.3, 0.4) is 0 Å². The first-order valence-electron chi connectivity index (χ1n) is 12.8. The number of carbonyl (C=O) groups excluding carboxylic acids is 2. The van der Waals surface area contributed by atoms with Gasteiger partial charge in [-0.2, -0.15) is 0 Å². The van der Waals surface area contributed by atoms with Crippen LogP contribution in [-0.4, -0.2) is 53.4 Å². The van der Waals surface area contributed by atoms with Crippen molar-refractivity contribution >= 4 is 17.6 Å². The molecule has 190 valence electrons. The van der Waals surface area contributed by atoms with E-state index in [0.717, 1.165) is 31.2 Å². The minimum absolute atomic E-state index is 0.00811. The minimum atomic E-state index is -1.05. The number of nitrogens with one attached hydrogen (secondary N) is 2. The van der Waals surface area contributed by atoms with Crippen molar-refractivity contribution in [1.82, 2.24) is 10.2 Å². The van der Waals surface area contributed by atoms with Crippen molar-refractivity contribution in [3.63, 3.8) is 0 Å². The molecule has 0 bridgehead atoms. The molecular formula is C27H39N5O3. The van der Waals surface area contributed by atoms with Crippen LogP contribution in [0, 0.1) is 11.3 Å². The second kappa shape index (κ2) is 10.5. The van der Waals surface area contributed by atoms with Crippen LogP contribution in [0.15, 0.2) is 35.9 Å². The largest absolute Gasteiger partial charge is 0.384 e. The molecule has 6 N–H and O–H groups in total. The van der Waals surface area contributed by atoms with Gasteiger partial charge >= 0.3 is 0 Å². The molecule has 8 nitrogen and oxygen atoms in total. The van der Waals surface area contributed by atoms with E-state index in [0.29, 0.717) is 31.4 Å². The monoisotopic (exact) mass is 481 g/mol. The van der Waals surface area contributed by atoms with E-state index in [-0.39, 0.29) is 35.7 Å². The number of benzene rings is 1. The standard InChI is InChI=1S/C27H39N5O3/c1-3-19-13-21(25(33)31-16-18-9-11-20(12-10-18)24(28)29)32-23(19)22(35-2)15-27(30,26(32)34)14-17-7-5-4-6-8-17/h7,9-12,19,21-23H,3-6,8,13-16,30H2,1-2H3,(H3,28,29)(H,31,33)/t19-,21?,22+,23+,27-/m1/s1. The highest BCUT2D eigenvalue weighted by Gasteiger charge is 2.58. The van der Waals surface area contributed by atoms with Crippen molar-refractivity contribution in [2.24, 2.45) is 17.4 Å². The molecule has 1 aromatic carbocycles. The second-order valence-corrected chi connectivity index (χ2v) is 10.4. The number of amides is 2. The van der Waals surface area contributed by atoms with Crippen molar-refractivity contribution in [3.8, 4) is 0 Å². The van der Waals surface area contributed by atoms with Crippen LogP contribution in [0.1, 0.15) is 69.4 Å². The maximum atomic E-state index is 13.9. The Labute approximate surface area is 207 Å². The van der Waals surface area contributed by atoms with Gasteiger partial charge in [-0.3, -0.25) is 15.0 Å². The lowest BCUT2D eigenvalue weighted by atomic mass is 9.76. The Morgan fingerprint density at radius 1 is 1.29 bits per heavy atom. The van der Waals surface area contributed by atoms with Crippen molar-refractivity contribution in [2.75, 3.05) is 7.11 Å². The topological polar surface area (TPSA) is 135 Å². The Kier molecular flexibility index (Phi) is 7.62. The molecule has 2 heterocycles. The normalized spacial score (nSPS) is 30.5. The van der Waals surface area contributed by atoms with Crippen LogP contribution in [0.25, 0.3) is 0 Å². The van der Waals surface area contributed by atoms with Gasteiger partial charge in [0.25, 0.3) is 0 Å². The first kappa shape index (κ1) is 25.4. The summed E-state index contributed by atoms with van der Waals surface area (Å²) in [6.07, 6.45) is 8.87. The van der Waals surface area contributed by atoms with Crippen LogP contribution in [0.4, 0.5) is 0 Å². The van der Waals surface area contributed by atoms with E-state index in [2.05, 4.69) is 18.3 Å². The molecule has 2 fully saturated rings. The average Bonchev–Trinajstić information content (AvgIpc) is 3.26. The molecule has 1 unspecified atom stereocenters. The highest BCUT2D eigenvalue weighted by molar-refractivity contribution is 5.95. The van der Waals surface area contributed by atoms with Crippen molar-refractivity contribution in [2.45, 2.75) is 88.6 Å². The number of nitrogens with zero attached hydrogens (tertiary/aromatic N) is 1.